The molecule has 0 spiro atoms. The van der Waals surface area contributed by atoms with Crippen LogP contribution in [0.1, 0.15) is 32.6 Å². The highest BCUT2D eigenvalue weighted by Gasteiger charge is 2.45. The number of nitrogens with one attached hydrogen (secondary N) is 1. The summed E-state index contributed by atoms with van der Waals surface area (Å²) in [7, 11) is 0. The molecule has 1 aromatic heterocycles. The average Bonchev–Trinajstić information content (AvgIpc) is 3.13. The summed E-state index contributed by atoms with van der Waals surface area (Å²) in [4.78, 5) is 19.7. The molecule has 3 heterocycles. The van der Waals surface area contributed by atoms with E-state index in [0.29, 0.717) is 28.1 Å². The zero-order valence-corrected chi connectivity index (χ0v) is 19.7. The molecule has 2 bridgehead atoms. The lowest BCUT2D eigenvalue weighted by molar-refractivity contribution is -0.123. The molecule has 2 saturated heterocycles. The Morgan fingerprint density at radius 3 is 2.63 bits per heavy atom. The van der Waals surface area contributed by atoms with Crippen molar-refractivity contribution in [3.63, 3.8) is 0 Å². The molecule has 2 N–H and O–H groups in total. The van der Waals surface area contributed by atoms with E-state index in [1.807, 2.05) is 6.92 Å². The summed E-state index contributed by atoms with van der Waals surface area (Å²) in [5.74, 6) is 0.956. The first kappa shape index (κ1) is 23.5. The average molecular weight is 480 g/mol. The maximum atomic E-state index is 13.8. The van der Waals surface area contributed by atoms with Gasteiger partial charge in [-0.15, -0.1) is 0 Å². The standard InChI is InChI=1S/C27H30FN3O4/c1-17(27(33)30-19-3-7-22(8-4-19)34-13-12-32)31-20-5-6-21(31)16-23(15-20)35-26-10-11-29-25-9-2-18(28)14-24(25)26/h2-4,7-11,14,17,20-21,23,32H,5-6,12-13,15-16H2,1H3,(H,30,33). The van der Waals surface area contributed by atoms with E-state index >= 15 is 0 Å². The van der Waals surface area contributed by atoms with Gasteiger partial charge >= 0.3 is 0 Å². The van der Waals surface area contributed by atoms with Crippen molar-refractivity contribution in [2.24, 2.45) is 0 Å². The number of piperidine rings is 1. The number of hydrogen-bond donors (Lipinski definition) is 2. The third kappa shape index (κ3) is 5.09. The van der Waals surface area contributed by atoms with Crippen molar-refractivity contribution < 1.29 is 23.8 Å². The summed E-state index contributed by atoms with van der Waals surface area (Å²) in [5.41, 5.74) is 1.42. The first-order valence-electron chi connectivity index (χ1n) is 12.1. The topological polar surface area (TPSA) is 83.9 Å². The molecule has 0 aliphatic carbocycles. The SMILES string of the molecule is CC(C(=O)Nc1ccc(OCCO)cc1)N1C2CCC1CC(Oc1ccnc3ccc(F)cc13)C2. The van der Waals surface area contributed by atoms with Gasteiger partial charge in [-0.1, -0.05) is 0 Å². The van der Waals surface area contributed by atoms with Crippen LogP contribution in [0.15, 0.2) is 54.7 Å². The summed E-state index contributed by atoms with van der Waals surface area (Å²) in [6.45, 7) is 2.15. The molecule has 2 aromatic carbocycles. The maximum Gasteiger partial charge on any atom is 0.241 e. The fourth-order valence-corrected chi connectivity index (χ4v) is 5.45. The molecular formula is C27H30FN3O4. The van der Waals surface area contributed by atoms with Crippen molar-refractivity contribution in [2.75, 3.05) is 18.5 Å². The molecular weight excluding hydrogens is 449 g/mol. The van der Waals surface area contributed by atoms with Gasteiger partial charge < -0.3 is 19.9 Å². The molecule has 184 valence electrons. The van der Waals surface area contributed by atoms with Crippen molar-refractivity contribution in [2.45, 2.75) is 56.8 Å². The summed E-state index contributed by atoms with van der Waals surface area (Å²) in [5, 5.41) is 12.6. The number of aromatic nitrogens is 1. The van der Waals surface area contributed by atoms with E-state index in [1.54, 1.807) is 42.6 Å². The molecule has 8 heteroatoms. The fraction of sp³-hybridized carbons (Fsp3) is 0.407. The van der Waals surface area contributed by atoms with Crippen LogP contribution < -0.4 is 14.8 Å². The molecule has 1 amide bonds. The number of amides is 1. The molecule has 2 aliphatic heterocycles. The Morgan fingerprint density at radius 2 is 1.91 bits per heavy atom. The Bertz CT molecular complexity index is 1170. The number of nitrogens with zero attached hydrogens (tertiary/aromatic N) is 2. The predicted octanol–water partition coefficient (Wildman–Crippen LogP) is 4.15. The van der Waals surface area contributed by atoms with Crippen molar-refractivity contribution in [3.8, 4) is 11.5 Å². The Balaban J connectivity index is 1.22. The van der Waals surface area contributed by atoms with E-state index < -0.39 is 0 Å². The molecule has 0 radical (unpaired) electrons. The quantitative estimate of drug-likeness (QED) is 0.505. The molecule has 2 aliphatic rings. The Kier molecular flexibility index (Phi) is 6.83. The Morgan fingerprint density at radius 1 is 1.17 bits per heavy atom. The van der Waals surface area contributed by atoms with Crippen LogP contribution in [-0.4, -0.2) is 58.3 Å². The predicted molar refractivity (Wildman–Crippen MR) is 131 cm³/mol. The number of carbonyl (C=O) groups excluding carboxylic acids is 1. The van der Waals surface area contributed by atoms with E-state index in [2.05, 4.69) is 15.2 Å². The van der Waals surface area contributed by atoms with E-state index in [-0.39, 0.29) is 49.2 Å². The molecule has 0 saturated carbocycles. The van der Waals surface area contributed by atoms with Gasteiger partial charge in [0.05, 0.1) is 18.2 Å². The van der Waals surface area contributed by atoms with Gasteiger partial charge in [0.1, 0.15) is 30.0 Å². The Labute approximate surface area is 203 Å². The molecule has 5 rings (SSSR count). The first-order valence-corrected chi connectivity index (χ1v) is 12.1. The van der Waals surface area contributed by atoms with Crippen molar-refractivity contribution in [1.29, 1.82) is 0 Å². The number of aliphatic hydroxyl groups is 1. The largest absolute Gasteiger partial charge is 0.491 e. The normalized spacial score (nSPS) is 22.7. The van der Waals surface area contributed by atoms with Crippen LogP contribution in [0.4, 0.5) is 10.1 Å². The first-order chi connectivity index (χ1) is 17.0. The summed E-state index contributed by atoms with van der Waals surface area (Å²) in [6, 6.07) is 13.7. The second-order valence-corrected chi connectivity index (χ2v) is 9.28. The van der Waals surface area contributed by atoms with Gasteiger partial charge in [0.15, 0.2) is 0 Å². The minimum Gasteiger partial charge on any atom is -0.491 e. The number of ether oxygens (including phenoxy) is 2. The van der Waals surface area contributed by atoms with Gasteiger partial charge in [-0.05, 0) is 81.1 Å². The molecule has 35 heavy (non-hydrogen) atoms. The molecule has 3 aromatic rings. The lowest BCUT2D eigenvalue weighted by Gasteiger charge is -2.41. The third-order valence-electron chi connectivity index (χ3n) is 7.01. The minimum absolute atomic E-state index is 0.0133. The lowest BCUT2D eigenvalue weighted by atomic mass is 9.97. The number of carbonyl (C=O) groups is 1. The minimum atomic E-state index is -0.308. The maximum absolute atomic E-state index is 13.8. The number of benzene rings is 2. The van der Waals surface area contributed by atoms with Crippen molar-refractivity contribution in [1.82, 2.24) is 9.88 Å². The number of aliphatic hydroxyl groups excluding tert-OH is 1. The van der Waals surface area contributed by atoms with Crippen molar-refractivity contribution in [3.05, 3.63) is 60.5 Å². The second kappa shape index (κ2) is 10.2. The fourth-order valence-electron chi connectivity index (χ4n) is 5.45. The number of halogens is 1. The monoisotopic (exact) mass is 479 g/mol. The summed E-state index contributed by atoms with van der Waals surface area (Å²) < 4.78 is 25.6. The number of pyridine rings is 1. The van der Waals surface area contributed by atoms with Gasteiger partial charge in [0.25, 0.3) is 0 Å². The highest BCUT2D eigenvalue weighted by molar-refractivity contribution is 5.94. The van der Waals surface area contributed by atoms with Crippen LogP contribution in [0.5, 0.6) is 11.5 Å². The number of anilines is 1. The van der Waals surface area contributed by atoms with Gasteiger partial charge in [-0.2, -0.15) is 0 Å². The van der Waals surface area contributed by atoms with Crippen LogP contribution in [-0.2, 0) is 4.79 Å². The van der Waals surface area contributed by atoms with Crippen LogP contribution in [0.3, 0.4) is 0 Å². The molecule has 3 atom stereocenters. The van der Waals surface area contributed by atoms with Crippen LogP contribution in [0, 0.1) is 5.82 Å². The van der Waals surface area contributed by atoms with Gasteiger partial charge in [0, 0.05) is 29.4 Å². The zero-order chi connectivity index (χ0) is 24.4. The highest BCUT2D eigenvalue weighted by Crippen LogP contribution is 2.39. The van der Waals surface area contributed by atoms with Gasteiger partial charge in [-0.3, -0.25) is 14.7 Å². The smallest absolute Gasteiger partial charge is 0.241 e. The zero-order valence-electron chi connectivity index (χ0n) is 19.7. The molecule has 2 fully saturated rings. The van der Waals surface area contributed by atoms with Crippen LogP contribution in [0.2, 0.25) is 0 Å². The van der Waals surface area contributed by atoms with E-state index in [4.69, 9.17) is 14.6 Å². The van der Waals surface area contributed by atoms with E-state index in [9.17, 15) is 9.18 Å². The second-order valence-electron chi connectivity index (χ2n) is 9.28. The number of fused-ring (bicyclic) bond motifs is 3. The van der Waals surface area contributed by atoms with E-state index in [1.165, 1.54) is 12.1 Å². The molecule has 3 unspecified atom stereocenters. The Hall–Kier alpha value is -3.23. The number of hydrogen-bond acceptors (Lipinski definition) is 6. The summed E-state index contributed by atoms with van der Waals surface area (Å²) >= 11 is 0. The van der Waals surface area contributed by atoms with Crippen LogP contribution >= 0.6 is 0 Å². The number of rotatable bonds is 8. The van der Waals surface area contributed by atoms with Crippen LogP contribution in [0.25, 0.3) is 10.9 Å². The summed E-state index contributed by atoms with van der Waals surface area (Å²) in [6.07, 6.45) is 5.42. The van der Waals surface area contributed by atoms with Crippen molar-refractivity contribution >= 4 is 22.5 Å². The highest BCUT2D eigenvalue weighted by atomic mass is 19.1. The third-order valence-corrected chi connectivity index (χ3v) is 7.01. The van der Waals surface area contributed by atoms with E-state index in [0.717, 1.165) is 25.7 Å². The molecule has 7 nitrogen and oxygen atoms in total. The lowest BCUT2D eigenvalue weighted by Crippen LogP contribution is -2.53. The van der Waals surface area contributed by atoms with Gasteiger partial charge in [0.2, 0.25) is 5.91 Å². The van der Waals surface area contributed by atoms with Gasteiger partial charge in [-0.25, -0.2) is 4.39 Å².